The highest BCUT2D eigenvalue weighted by Gasteiger charge is 2.34. The third kappa shape index (κ3) is 3.49. The lowest BCUT2D eigenvalue weighted by atomic mass is 9.95. The van der Waals surface area contributed by atoms with Gasteiger partial charge in [0.15, 0.2) is 5.82 Å². The van der Waals surface area contributed by atoms with Gasteiger partial charge in [0.05, 0.1) is 10.9 Å². The Bertz CT molecular complexity index is 960. The molecule has 1 saturated heterocycles. The SMILES string of the molecule is Cc1noc([C@@H](C)N2CCN(S(=O)(=O)c3c(C)c(C)c(C)c(C)c3C)CC2)n1. The summed E-state index contributed by atoms with van der Waals surface area (Å²) in [5.41, 5.74) is 5.00. The summed E-state index contributed by atoms with van der Waals surface area (Å²) in [7, 11) is -3.54. The zero-order valence-corrected chi connectivity index (χ0v) is 18.6. The highest BCUT2D eigenvalue weighted by Crippen LogP contribution is 2.32. The van der Waals surface area contributed by atoms with E-state index in [0.717, 1.165) is 22.3 Å². The minimum Gasteiger partial charge on any atom is -0.338 e. The molecule has 0 radical (unpaired) electrons. The molecule has 0 saturated carbocycles. The molecule has 2 heterocycles. The molecular formula is C20H30N4O3S. The summed E-state index contributed by atoms with van der Waals surface area (Å²) in [5, 5.41) is 3.85. The van der Waals surface area contributed by atoms with E-state index < -0.39 is 10.0 Å². The van der Waals surface area contributed by atoms with E-state index in [2.05, 4.69) is 22.0 Å². The van der Waals surface area contributed by atoms with E-state index >= 15 is 0 Å². The van der Waals surface area contributed by atoms with E-state index in [4.69, 9.17) is 4.52 Å². The molecule has 0 bridgehead atoms. The number of rotatable bonds is 4. The lowest BCUT2D eigenvalue weighted by Crippen LogP contribution is -2.49. The highest BCUT2D eigenvalue weighted by atomic mass is 32.2. The first-order chi connectivity index (χ1) is 13.1. The molecule has 1 aliphatic rings. The number of piperazine rings is 1. The summed E-state index contributed by atoms with van der Waals surface area (Å²) in [6, 6.07) is -0.0293. The van der Waals surface area contributed by atoms with E-state index in [1.165, 1.54) is 5.56 Å². The zero-order valence-electron chi connectivity index (χ0n) is 17.8. The van der Waals surface area contributed by atoms with Crippen LogP contribution < -0.4 is 0 Å². The van der Waals surface area contributed by atoms with Crippen LogP contribution >= 0.6 is 0 Å². The molecule has 0 spiro atoms. The van der Waals surface area contributed by atoms with Gasteiger partial charge in [-0.3, -0.25) is 4.90 Å². The Labute approximate surface area is 167 Å². The first kappa shape index (κ1) is 21.0. The van der Waals surface area contributed by atoms with Crippen molar-refractivity contribution in [2.24, 2.45) is 0 Å². The van der Waals surface area contributed by atoms with Crippen molar-refractivity contribution in [2.75, 3.05) is 26.2 Å². The second kappa shape index (κ2) is 7.57. The topological polar surface area (TPSA) is 79.5 Å². The number of aromatic nitrogens is 2. The van der Waals surface area contributed by atoms with E-state index in [-0.39, 0.29) is 6.04 Å². The van der Waals surface area contributed by atoms with Gasteiger partial charge in [0, 0.05) is 26.2 Å². The van der Waals surface area contributed by atoms with Crippen LogP contribution in [0.5, 0.6) is 0 Å². The summed E-state index contributed by atoms with van der Waals surface area (Å²) in [6.45, 7) is 15.8. The van der Waals surface area contributed by atoms with Crippen LogP contribution in [0.3, 0.4) is 0 Å². The summed E-state index contributed by atoms with van der Waals surface area (Å²) in [5.74, 6) is 1.18. The molecule has 1 aromatic carbocycles. The molecule has 1 atom stereocenters. The molecule has 0 amide bonds. The predicted molar refractivity (Wildman–Crippen MR) is 108 cm³/mol. The van der Waals surface area contributed by atoms with Gasteiger partial charge in [0.25, 0.3) is 0 Å². The minimum atomic E-state index is -3.54. The van der Waals surface area contributed by atoms with Crippen molar-refractivity contribution in [2.45, 2.75) is 59.4 Å². The normalized spacial score (nSPS) is 17.8. The lowest BCUT2D eigenvalue weighted by molar-refractivity contribution is 0.124. The summed E-state index contributed by atoms with van der Waals surface area (Å²) in [4.78, 5) is 6.96. The maximum atomic E-state index is 13.5. The van der Waals surface area contributed by atoms with Crippen molar-refractivity contribution >= 4 is 10.0 Å². The molecule has 7 nitrogen and oxygen atoms in total. The number of aryl methyl sites for hydroxylation is 1. The van der Waals surface area contributed by atoms with E-state index in [1.807, 2.05) is 34.6 Å². The molecule has 0 N–H and O–H groups in total. The van der Waals surface area contributed by atoms with Gasteiger partial charge in [-0.1, -0.05) is 5.16 Å². The molecule has 0 aliphatic carbocycles. The Morgan fingerprint density at radius 3 is 1.82 bits per heavy atom. The molecule has 154 valence electrons. The Morgan fingerprint density at radius 1 is 0.857 bits per heavy atom. The fourth-order valence-electron chi connectivity index (χ4n) is 3.95. The van der Waals surface area contributed by atoms with E-state index in [9.17, 15) is 8.42 Å². The van der Waals surface area contributed by atoms with Gasteiger partial charge in [-0.15, -0.1) is 0 Å². The first-order valence-corrected chi connectivity index (χ1v) is 11.1. The number of hydrogen-bond donors (Lipinski definition) is 0. The van der Waals surface area contributed by atoms with E-state index in [0.29, 0.717) is 42.8 Å². The fourth-order valence-corrected chi connectivity index (χ4v) is 5.93. The standard InChI is InChI=1S/C20H30N4O3S/c1-12-13(2)15(4)19(16(5)14(12)3)28(25,26)24-10-8-23(9-11-24)17(6)20-21-18(7)22-27-20/h17H,8-11H2,1-7H3/t17-/m1/s1. The Balaban J connectivity index is 1.83. The van der Waals surface area contributed by atoms with Crippen LogP contribution in [0.1, 0.15) is 52.5 Å². The lowest BCUT2D eigenvalue weighted by Gasteiger charge is -2.36. The van der Waals surface area contributed by atoms with Crippen molar-refractivity contribution < 1.29 is 12.9 Å². The summed E-state index contributed by atoms with van der Waals surface area (Å²) < 4.78 is 33.8. The van der Waals surface area contributed by atoms with Gasteiger partial charge < -0.3 is 4.52 Å². The molecule has 1 aromatic heterocycles. The number of hydrogen-bond acceptors (Lipinski definition) is 6. The molecule has 3 rings (SSSR count). The van der Waals surface area contributed by atoms with Gasteiger partial charge in [0.2, 0.25) is 15.9 Å². The molecule has 1 aliphatic heterocycles. The van der Waals surface area contributed by atoms with Gasteiger partial charge >= 0.3 is 0 Å². The van der Waals surface area contributed by atoms with Crippen LogP contribution in [0.25, 0.3) is 0 Å². The van der Waals surface area contributed by atoms with Crippen LogP contribution in [0.2, 0.25) is 0 Å². The average Bonchev–Trinajstić information content (AvgIpc) is 3.10. The van der Waals surface area contributed by atoms with Crippen molar-refractivity contribution in [3.63, 3.8) is 0 Å². The van der Waals surface area contributed by atoms with Crippen molar-refractivity contribution in [3.05, 3.63) is 39.5 Å². The van der Waals surface area contributed by atoms with E-state index in [1.54, 1.807) is 11.2 Å². The second-order valence-corrected chi connectivity index (χ2v) is 9.62. The van der Waals surface area contributed by atoms with Gasteiger partial charge in [-0.25, -0.2) is 8.42 Å². The number of benzene rings is 1. The number of sulfonamides is 1. The van der Waals surface area contributed by atoms with Crippen LogP contribution in [-0.2, 0) is 10.0 Å². The molecule has 0 unspecified atom stereocenters. The largest absolute Gasteiger partial charge is 0.338 e. The quantitative estimate of drug-likeness (QED) is 0.777. The summed E-state index contributed by atoms with van der Waals surface area (Å²) >= 11 is 0. The van der Waals surface area contributed by atoms with Gasteiger partial charge in [-0.2, -0.15) is 9.29 Å². The van der Waals surface area contributed by atoms with Crippen LogP contribution in [0, 0.1) is 41.5 Å². The average molecular weight is 407 g/mol. The predicted octanol–water partition coefficient (Wildman–Crippen LogP) is 2.99. The van der Waals surface area contributed by atoms with Crippen LogP contribution in [0.4, 0.5) is 0 Å². The van der Waals surface area contributed by atoms with Crippen molar-refractivity contribution in [3.8, 4) is 0 Å². The second-order valence-electron chi connectivity index (χ2n) is 7.75. The minimum absolute atomic E-state index is 0.0293. The van der Waals surface area contributed by atoms with Gasteiger partial charge in [-0.05, 0) is 76.3 Å². The first-order valence-electron chi connectivity index (χ1n) is 9.67. The molecule has 28 heavy (non-hydrogen) atoms. The number of nitrogens with zero attached hydrogens (tertiary/aromatic N) is 4. The van der Waals surface area contributed by atoms with Crippen molar-refractivity contribution in [1.82, 2.24) is 19.3 Å². The highest BCUT2D eigenvalue weighted by molar-refractivity contribution is 7.89. The molecule has 1 fully saturated rings. The third-order valence-electron chi connectivity index (χ3n) is 6.25. The third-order valence-corrected chi connectivity index (χ3v) is 8.42. The Morgan fingerprint density at radius 2 is 1.36 bits per heavy atom. The molecule has 2 aromatic rings. The zero-order chi connectivity index (χ0) is 20.8. The molecule has 8 heteroatoms. The maximum absolute atomic E-state index is 13.5. The van der Waals surface area contributed by atoms with Crippen LogP contribution in [-0.4, -0.2) is 53.9 Å². The smallest absolute Gasteiger partial charge is 0.243 e. The van der Waals surface area contributed by atoms with Crippen molar-refractivity contribution in [1.29, 1.82) is 0 Å². The maximum Gasteiger partial charge on any atom is 0.243 e. The molecular weight excluding hydrogens is 376 g/mol. The van der Waals surface area contributed by atoms with Gasteiger partial charge in [0.1, 0.15) is 0 Å². The Kier molecular flexibility index (Phi) is 5.67. The Hall–Kier alpha value is -1.77. The monoisotopic (exact) mass is 406 g/mol. The fraction of sp³-hybridized carbons (Fsp3) is 0.600. The summed E-state index contributed by atoms with van der Waals surface area (Å²) in [6.07, 6.45) is 0. The van der Waals surface area contributed by atoms with Crippen LogP contribution in [0.15, 0.2) is 9.42 Å².